The number of nitrogens with one attached hydrogen (secondary N) is 1. The molecule has 2 aliphatic rings. The van der Waals surface area contributed by atoms with Gasteiger partial charge in [0.25, 0.3) is 0 Å². The summed E-state index contributed by atoms with van der Waals surface area (Å²) >= 11 is 0. The third-order valence-corrected chi connectivity index (χ3v) is 5.97. The SMILES string of the molecule is CN(CCOCC1CC1)S(=O)(=O)c1ccc2c(c1)CNC2. The van der Waals surface area contributed by atoms with Crippen molar-refractivity contribution >= 4 is 10.0 Å². The highest BCUT2D eigenvalue weighted by Gasteiger charge is 2.24. The first-order valence-corrected chi connectivity index (χ1v) is 8.88. The van der Waals surface area contributed by atoms with Gasteiger partial charge in [-0.05, 0) is 42.0 Å². The molecular formula is C15H22N2O3S. The molecule has 0 saturated heterocycles. The average Bonchev–Trinajstić information content (AvgIpc) is 3.17. The van der Waals surface area contributed by atoms with Crippen LogP contribution in [0, 0.1) is 5.92 Å². The zero-order valence-corrected chi connectivity index (χ0v) is 13.2. The van der Waals surface area contributed by atoms with Crippen molar-refractivity contribution in [2.75, 3.05) is 26.8 Å². The van der Waals surface area contributed by atoms with Crippen molar-refractivity contribution in [3.63, 3.8) is 0 Å². The number of hydrogen-bond donors (Lipinski definition) is 1. The third kappa shape index (κ3) is 3.45. The maximum atomic E-state index is 12.5. The Morgan fingerprint density at radius 3 is 2.81 bits per heavy atom. The predicted octanol–water partition coefficient (Wildman–Crippen LogP) is 1.34. The summed E-state index contributed by atoms with van der Waals surface area (Å²) in [5.41, 5.74) is 2.26. The van der Waals surface area contributed by atoms with Crippen LogP contribution in [0.25, 0.3) is 0 Å². The van der Waals surface area contributed by atoms with Crippen molar-refractivity contribution in [1.29, 1.82) is 0 Å². The molecule has 3 rings (SSSR count). The molecule has 1 saturated carbocycles. The largest absolute Gasteiger partial charge is 0.380 e. The van der Waals surface area contributed by atoms with Gasteiger partial charge in [-0.2, -0.15) is 4.31 Å². The monoisotopic (exact) mass is 310 g/mol. The molecule has 1 aromatic carbocycles. The minimum Gasteiger partial charge on any atom is -0.380 e. The quantitative estimate of drug-likeness (QED) is 0.772. The highest BCUT2D eigenvalue weighted by Crippen LogP contribution is 2.28. The Morgan fingerprint density at radius 2 is 2.05 bits per heavy atom. The van der Waals surface area contributed by atoms with Crippen LogP contribution < -0.4 is 5.32 Å². The summed E-state index contributed by atoms with van der Waals surface area (Å²) in [6, 6.07) is 5.38. The molecule has 0 aromatic heterocycles. The summed E-state index contributed by atoms with van der Waals surface area (Å²) < 4.78 is 31.9. The van der Waals surface area contributed by atoms with Gasteiger partial charge in [0.1, 0.15) is 0 Å². The lowest BCUT2D eigenvalue weighted by Crippen LogP contribution is -2.30. The highest BCUT2D eigenvalue weighted by atomic mass is 32.2. The van der Waals surface area contributed by atoms with Crippen LogP contribution in [-0.2, 0) is 27.8 Å². The van der Waals surface area contributed by atoms with E-state index in [0.29, 0.717) is 24.0 Å². The van der Waals surface area contributed by atoms with Crippen molar-refractivity contribution < 1.29 is 13.2 Å². The van der Waals surface area contributed by atoms with Crippen LogP contribution in [0.15, 0.2) is 23.1 Å². The van der Waals surface area contributed by atoms with E-state index >= 15 is 0 Å². The Morgan fingerprint density at radius 1 is 1.29 bits per heavy atom. The fourth-order valence-electron chi connectivity index (χ4n) is 2.46. The minimum atomic E-state index is -3.42. The Kier molecular flexibility index (Phi) is 4.31. The van der Waals surface area contributed by atoms with E-state index in [0.717, 1.165) is 25.3 Å². The maximum absolute atomic E-state index is 12.5. The molecule has 5 nitrogen and oxygen atoms in total. The van der Waals surface area contributed by atoms with Crippen molar-refractivity contribution in [2.45, 2.75) is 30.8 Å². The minimum absolute atomic E-state index is 0.370. The standard InChI is InChI=1S/C15H22N2O3S/c1-17(6-7-20-11-12-2-3-12)21(18,19)15-5-4-13-9-16-10-14(13)8-15/h4-5,8,12,16H,2-3,6-7,9-11H2,1H3. The van der Waals surface area contributed by atoms with Gasteiger partial charge in [0.05, 0.1) is 11.5 Å². The fourth-order valence-corrected chi connectivity index (χ4v) is 3.67. The van der Waals surface area contributed by atoms with Gasteiger partial charge in [0, 0.05) is 33.3 Å². The molecular weight excluding hydrogens is 288 g/mol. The molecule has 1 heterocycles. The molecule has 1 aliphatic carbocycles. The molecule has 116 valence electrons. The molecule has 0 unspecified atom stereocenters. The lowest BCUT2D eigenvalue weighted by atomic mass is 10.1. The number of nitrogens with zero attached hydrogens (tertiary/aromatic N) is 1. The summed E-state index contributed by atoms with van der Waals surface area (Å²) in [7, 11) is -1.81. The number of hydrogen-bond acceptors (Lipinski definition) is 4. The Labute approximate surface area is 126 Å². The number of fused-ring (bicyclic) bond motifs is 1. The van der Waals surface area contributed by atoms with E-state index < -0.39 is 10.0 Å². The lowest BCUT2D eigenvalue weighted by Gasteiger charge is -2.17. The van der Waals surface area contributed by atoms with Crippen molar-refractivity contribution in [3.8, 4) is 0 Å². The molecule has 0 radical (unpaired) electrons. The first kappa shape index (κ1) is 15.0. The van der Waals surface area contributed by atoms with Crippen molar-refractivity contribution in [1.82, 2.24) is 9.62 Å². The van der Waals surface area contributed by atoms with E-state index in [9.17, 15) is 8.42 Å². The zero-order valence-electron chi connectivity index (χ0n) is 12.3. The second-order valence-electron chi connectivity index (χ2n) is 5.88. The smallest absolute Gasteiger partial charge is 0.242 e. The zero-order chi connectivity index (χ0) is 14.9. The maximum Gasteiger partial charge on any atom is 0.242 e. The van der Waals surface area contributed by atoms with Crippen LogP contribution in [0.2, 0.25) is 0 Å². The van der Waals surface area contributed by atoms with E-state index in [4.69, 9.17) is 4.74 Å². The number of benzene rings is 1. The van der Waals surface area contributed by atoms with Gasteiger partial charge >= 0.3 is 0 Å². The average molecular weight is 310 g/mol. The van der Waals surface area contributed by atoms with Crippen LogP contribution in [0.1, 0.15) is 24.0 Å². The molecule has 0 amide bonds. The Hall–Kier alpha value is -0.950. The molecule has 1 aliphatic heterocycles. The Balaban J connectivity index is 1.61. The molecule has 6 heteroatoms. The normalized spacial score (nSPS) is 18.2. The predicted molar refractivity (Wildman–Crippen MR) is 80.3 cm³/mol. The van der Waals surface area contributed by atoms with Gasteiger partial charge in [-0.25, -0.2) is 8.42 Å². The van der Waals surface area contributed by atoms with E-state index in [-0.39, 0.29) is 0 Å². The highest BCUT2D eigenvalue weighted by molar-refractivity contribution is 7.89. The molecule has 21 heavy (non-hydrogen) atoms. The Bertz CT molecular complexity index is 611. The second-order valence-corrected chi connectivity index (χ2v) is 7.92. The molecule has 0 spiro atoms. The first-order chi connectivity index (χ1) is 10.1. The first-order valence-electron chi connectivity index (χ1n) is 7.44. The van der Waals surface area contributed by atoms with Gasteiger partial charge in [-0.15, -0.1) is 0 Å². The summed E-state index contributed by atoms with van der Waals surface area (Å²) in [5.74, 6) is 0.705. The summed E-state index contributed by atoms with van der Waals surface area (Å²) in [4.78, 5) is 0.370. The van der Waals surface area contributed by atoms with Crippen LogP contribution in [0.5, 0.6) is 0 Å². The van der Waals surface area contributed by atoms with Gasteiger partial charge < -0.3 is 10.1 Å². The van der Waals surface area contributed by atoms with Crippen LogP contribution in [0.4, 0.5) is 0 Å². The topological polar surface area (TPSA) is 58.6 Å². The molecule has 0 bridgehead atoms. The summed E-state index contributed by atoms with van der Waals surface area (Å²) in [6.45, 7) is 3.18. The fraction of sp³-hybridized carbons (Fsp3) is 0.600. The molecule has 1 fully saturated rings. The summed E-state index contributed by atoms with van der Waals surface area (Å²) in [5, 5.41) is 3.23. The van der Waals surface area contributed by atoms with Gasteiger partial charge in [-0.1, -0.05) is 6.07 Å². The van der Waals surface area contributed by atoms with E-state index in [2.05, 4.69) is 5.32 Å². The number of ether oxygens (including phenoxy) is 1. The van der Waals surface area contributed by atoms with Crippen LogP contribution in [-0.4, -0.2) is 39.5 Å². The van der Waals surface area contributed by atoms with E-state index in [1.807, 2.05) is 6.07 Å². The number of likely N-dealkylation sites (N-methyl/N-ethyl adjacent to an activating group) is 1. The number of rotatable bonds is 7. The van der Waals surface area contributed by atoms with Gasteiger partial charge in [0.2, 0.25) is 10.0 Å². The molecule has 1 aromatic rings. The van der Waals surface area contributed by atoms with Crippen LogP contribution in [0.3, 0.4) is 0 Å². The van der Waals surface area contributed by atoms with E-state index in [1.54, 1.807) is 19.2 Å². The van der Waals surface area contributed by atoms with Crippen molar-refractivity contribution in [3.05, 3.63) is 29.3 Å². The van der Waals surface area contributed by atoms with Gasteiger partial charge in [-0.3, -0.25) is 0 Å². The summed E-state index contributed by atoms with van der Waals surface area (Å²) in [6.07, 6.45) is 2.49. The lowest BCUT2D eigenvalue weighted by molar-refractivity contribution is 0.117. The third-order valence-electron chi connectivity index (χ3n) is 4.12. The van der Waals surface area contributed by atoms with Crippen LogP contribution >= 0.6 is 0 Å². The molecule has 1 N–H and O–H groups in total. The number of sulfonamides is 1. The second kappa shape index (κ2) is 6.04. The van der Waals surface area contributed by atoms with Gasteiger partial charge in [0.15, 0.2) is 0 Å². The van der Waals surface area contributed by atoms with Crippen molar-refractivity contribution in [2.24, 2.45) is 5.92 Å². The molecule has 0 atom stereocenters. The van der Waals surface area contributed by atoms with E-state index in [1.165, 1.54) is 22.7 Å².